The van der Waals surface area contributed by atoms with Crippen LogP contribution in [-0.4, -0.2) is 62.1 Å². The largest absolute Gasteiger partial charge is 2.00 e. The summed E-state index contributed by atoms with van der Waals surface area (Å²) < 4.78 is 1.13. The van der Waals surface area contributed by atoms with Crippen LogP contribution in [0.15, 0.2) is 126 Å². The first kappa shape index (κ1) is 63.0. The Morgan fingerprint density at radius 1 is 0.531 bits per heavy atom. The van der Waals surface area contributed by atoms with Crippen LogP contribution in [0.5, 0.6) is 0 Å². The maximum atomic E-state index is 11.0. The van der Waals surface area contributed by atoms with Crippen molar-refractivity contribution < 1.29 is 34.8 Å². The van der Waals surface area contributed by atoms with E-state index < -0.39 is 11.2 Å². The summed E-state index contributed by atoms with van der Waals surface area (Å²) in [5.74, 6) is 2.76. The summed E-state index contributed by atoms with van der Waals surface area (Å²) >= 11 is 3.31. The van der Waals surface area contributed by atoms with Crippen molar-refractivity contribution in [3.05, 3.63) is 143 Å². The average molecular weight is 1030 g/mol. The molecule has 3 fully saturated rings. The predicted molar refractivity (Wildman–Crippen MR) is 277 cm³/mol. The molecule has 0 aromatic heterocycles. The van der Waals surface area contributed by atoms with Crippen molar-refractivity contribution in [2.75, 3.05) is 0 Å². The molecule has 3 nitrogen and oxygen atoms in total. The Bertz CT molecular complexity index is 1650. The minimum absolute atomic E-state index is 0. The molecule has 0 bridgehead atoms. The van der Waals surface area contributed by atoms with Gasteiger partial charge in [0.15, 0.2) is 0 Å². The SMILES string of the molecule is Brc1ccccc1.CCC(C)(C)C1CCC(=O)CC1.CCC(C)(C)C1CCC(O)(c2ccccc2)CC1.CCC(C)(C)C1CCC(O)(c2ccccc2)CC1.[Br-].[H-].[H-].[Mg+2].[Mg+2].[c-]1ccccc1. The average Bonchev–Trinajstić information content (AvgIpc) is 3.29. The van der Waals surface area contributed by atoms with Crippen LogP contribution in [-0.2, 0) is 16.0 Å². The van der Waals surface area contributed by atoms with E-state index in [1.54, 1.807) is 0 Å². The number of aliphatic hydroxyl groups is 2. The number of carbonyl (C=O) groups is 1. The molecule has 0 atom stereocenters. The van der Waals surface area contributed by atoms with E-state index >= 15 is 0 Å². The van der Waals surface area contributed by atoms with Gasteiger partial charge < -0.3 is 30.0 Å². The van der Waals surface area contributed by atoms with E-state index in [2.05, 4.69) is 109 Å². The predicted octanol–water partition coefficient (Wildman–Crippen LogP) is 12.6. The molecule has 3 aliphatic rings. The van der Waals surface area contributed by atoms with E-state index in [0.29, 0.717) is 22.0 Å². The third-order valence-corrected chi connectivity index (χ3v) is 15.7. The zero-order chi connectivity index (χ0) is 45.0. The molecule has 0 spiro atoms. The van der Waals surface area contributed by atoms with E-state index in [-0.39, 0.29) is 65.9 Å². The molecule has 3 aliphatic carbocycles. The van der Waals surface area contributed by atoms with Crippen LogP contribution < -0.4 is 17.0 Å². The minimum Gasteiger partial charge on any atom is -1.00 e. The van der Waals surface area contributed by atoms with Gasteiger partial charge in [0, 0.05) is 17.3 Å². The van der Waals surface area contributed by atoms with Gasteiger partial charge in [0.25, 0.3) is 0 Å². The fourth-order valence-electron chi connectivity index (χ4n) is 9.17. The first-order chi connectivity index (χ1) is 28.9. The normalized spacial score (nSPS) is 22.2. The van der Waals surface area contributed by atoms with Gasteiger partial charge >= 0.3 is 46.1 Å². The van der Waals surface area contributed by atoms with Crippen molar-refractivity contribution in [3.63, 3.8) is 0 Å². The summed E-state index contributed by atoms with van der Waals surface area (Å²) in [7, 11) is 0. The summed E-state index contributed by atoms with van der Waals surface area (Å²) in [6, 6.07) is 42.8. The molecule has 4 aromatic carbocycles. The molecule has 7 heteroatoms. The van der Waals surface area contributed by atoms with Gasteiger partial charge in [0.05, 0.1) is 11.2 Å². The van der Waals surface area contributed by atoms with E-state index in [0.717, 1.165) is 110 Å². The molecule has 64 heavy (non-hydrogen) atoms. The van der Waals surface area contributed by atoms with Crippen molar-refractivity contribution in [2.24, 2.45) is 34.0 Å². The first-order valence-electron chi connectivity index (χ1n) is 23.6. The number of hydrogen-bond donors (Lipinski definition) is 2. The molecule has 4 aromatic rings. The molecule has 0 aliphatic heterocycles. The van der Waals surface area contributed by atoms with Gasteiger partial charge in [-0.2, -0.15) is 36.4 Å². The topological polar surface area (TPSA) is 57.5 Å². The van der Waals surface area contributed by atoms with E-state index in [4.69, 9.17) is 0 Å². The van der Waals surface area contributed by atoms with Crippen LogP contribution in [0, 0.1) is 40.1 Å². The van der Waals surface area contributed by atoms with Gasteiger partial charge in [0.2, 0.25) is 0 Å². The number of hydrogen-bond acceptors (Lipinski definition) is 3. The summed E-state index contributed by atoms with van der Waals surface area (Å²) in [6.45, 7) is 20.9. The minimum atomic E-state index is -0.582. The third kappa shape index (κ3) is 21.1. The molecule has 7 rings (SSSR count). The number of ketones is 1. The summed E-state index contributed by atoms with van der Waals surface area (Å²) in [4.78, 5) is 11.0. The molecule has 2 N–H and O–H groups in total. The molecule has 0 unspecified atom stereocenters. The Morgan fingerprint density at radius 3 is 1.05 bits per heavy atom. The summed E-state index contributed by atoms with van der Waals surface area (Å²) in [5, 5.41) is 21.6. The maximum Gasteiger partial charge on any atom is 2.00 e. The van der Waals surface area contributed by atoms with E-state index in [1.165, 1.54) is 19.3 Å². The van der Waals surface area contributed by atoms with Crippen LogP contribution in [0.2, 0.25) is 0 Å². The van der Waals surface area contributed by atoms with Crippen molar-refractivity contribution in [1.82, 2.24) is 0 Å². The van der Waals surface area contributed by atoms with Crippen molar-refractivity contribution in [1.29, 1.82) is 0 Å². The number of carbonyl (C=O) groups excluding carboxylic acids is 1. The molecule has 348 valence electrons. The number of Topliss-reactive ketones (excluding diaryl/α,β-unsaturated/α-hetero) is 1. The molecular weight excluding hydrogens is 941 g/mol. The first-order valence-corrected chi connectivity index (χ1v) is 24.4. The third-order valence-electron chi connectivity index (χ3n) is 15.2. The van der Waals surface area contributed by atoms with Gasteiger partial charge in [-0.1, -0.05) is 176 Å². The molecule has 0 amide bonds. The Balaban J connectivity index is -0.000000776. The second-order valence-electron chi connectivity index (χ2n) is 20.1. The van der Waals surface area contributed by atoms with Crippen LogP contribution in [0.1, 0.15) is 173 Å². The fraction of sp³-hybridized carbons (Fsp3) is 0.561. The van der Waals surface area contributed by atoms with Crippen molar-refractivity contribution in [2.45, 2.75) is 170 Å². The standard InChI is InChI=1S/2C17H26O.C11H20O.C6H5Br.C6H5.BrH.2Mg.2H/c2*1-4-16(2,3)14-10-12-17(18,13-11-14)15-8-6-5-7-9-15;1-4-11(2,3)9-5-7-10(12)8-6-9;7-6-4-2-1-3-5-6;1-2-4-6-5-3-1;;;;;/h2*5-9,14,18H,4,10-13H2,1-3H3;9H,4-8H2,1-3H3;1-5H;1-5H;1H;;;;/q;;;;-1;;2*+2;2*-1/p-1. The quantitative estimate of drug-likeness (QED) is 0.137. The zero-order valence-corrected chi connectivity index (χ0v) is 47.4. The van der Waals surface area contributed by atoms with Crippen molar-refractivity contribution >= 4 is 67.8 Å². The molecule has 0 heterocycles. The smallest absolute Gasteiger partial charge is 1.00 e. The van der Waals surface area contributed by atoms with Gasteiger partial charge in [-0.15, -0.1) is 0 Å². The Morgan fingerprint density at radius 2 is 0.812 bits per heavy atom. The second kappa shape index (κ2) is 31.2. The van der Waals surface area contributed by atoms with Crippen LogP contribution in [0.4, 0.5) is 0 Å². The molecule has 3 saturated carbocycles. The van der Waals surface area contributed by atoms with Crippen molar-refractivity contribution in [3.8, 4) is 0 Å². The Kier molecular flexibility index (Phi) is 30.7. The van der Waals surface area contributed by atoms with Gasteiger partial charge in [0.1, 0.15) is 5.78 Å². The van der Waals surface area contributed by atoms with Crippen LogP contribution >= 0.6 is 15.9 Å². The monoisotopic (exact) mass is 1020 g/mol. The zero-order valence-electron chi connectivity index (χ0n) is 43.4. The van der Waals surface area contributed by atoms with Gasteiger partial charge in [-0.05, 0) is 121 Å². The number of rotatable bonds is 8. The number of benzene rings is 4. The fourth-order valence-corrected chi connectivity index (χ4v) is 9.48. The van der Waals surface area contributed by atoms with Crippen LogP contribution in [0.3, 0.4) is 0 Å². The Hall–Kier alpha value is -1.04. The van der Waals surface area contributed by atoms with Gasteiger partial charge in [-0.3, -0.25) is 4.79 Å². The summed E-state index contributed by atoms with van der Waals surface area (Å²) in [5.41, 5.74) is 2.30. The van der Waals surface area contributed by atoms with E-state index in [1.807, 2.05) is 97.1 Å². The van der Waals surface area contributed by atoms with Crippen LogP contribution in [0.25, 0.3) is 0 Å². The van der Waals surface area contributed by atoms with Gasteiger partial charge in [-0.25, -0.2) is 0 Å². The molecular formula is C57H84Br2Mg2O3. The number of halogens is 2. The van der Waals surface area contributed by atoms with E-state index in [9.17, 15) is 15.0 Å². The maximum absolute atomic E-state index is 11.0. The summed E-state index contributed by atoms with van der Waals surface area (Å²) in [6.07, 6.45) is 15.8. The molecule has 0 saturated heterocycles. The molecule has 0 radical (unpaired) electrons. The second-order valence-corrected chi connectivity index (χ2v) is 21.0. The Labute approximate surface area is 445 Å².